The van der Waals surface area contributed by atoms with Crippen LogP contribution < -0.4 is 16.2 Å². The molecule has 0 aliphatic carbocycles. The van der Waals surface area contributed by atoms with Gasteiger partial charge >= 0.3 is 0 Å². The predicted octanol–water partition coefficient (Wildman–Crippen LogP) is 2.60. The molecule has 0 bridgehead atoms. The second-order valence-electron chi connectivity index (χ2n) is 9.11. The first-order chi connectivity index (χ1) is 18.1. The molecule has 0 radical (unpaired) electrons. The first-order valence-electron chi connectivity index (χ1n) is 11.7. The van der Waals surface area contributed by atoms with Crippen LogP contribution in [0.1, 0.15) is 10.4 Å². The zero-order valence-corrected chi connectivity index (χ0v) is 21.8. The molecule has 0 saturated carbocycles. The van der Waals surface area contributed by atoms with Crippen molar-refractivity contribution in [2.24, 2.45) is 5.92 Å². The second-order valence-corrected chi connectivity index (χ2v) is 11.5. The highest BCUT2D eigenvalue weighted by Gasteiger charge is 2.42. The maximum Gasteiger partial charge on any atom is 0.255 e. The van der Waals surface area contributed by atoms with Crippen LogP contribution in [0.3, 0.4) is 0 Å². The molecule has 2 aromatic heterocycles. The highest BCUT2D eigenvalue weighted by molar-refractivity contribution is 7.88. The molecule has 3 heterocycles. The van der Waals surface area contributed by atoms with Crippen LogP contribution in [0, 0.1) is 5.92 Å². The van der Waals surface area contributed by atoms with Gasteiger partial charge in [0.05, 0.1) is 23.2 Å². The van der Waals surface area contributed by atoms with Gasteiger partial charge in [-0.1, -0.05) is 23.7 Å². The number of rotatable bonds is 6. The number of halogens is 1. The molecule has 2 atom stereocenters. The van der Waals surface area contributed by atoms with Gasteiger partial charge in [0.1, 0.15) is 0 Å². The van der Waals surface area contributed by atoms with Gasteiger partial charge in [-0.05, 0) is 42.5 Å². The lowest BCUT2D eigenvalue weighted by molar-refractivity contribution is -0.119. The van der Waals surface area contributed by atoms with Crippen LogP contribution in [-0.4, -0.2) is 59.5 Å². The average molecular weight is 554 g/mol. The Morgan fingerprint density at radius 1 is 1.05 bits per heavy atom. The predicted molar refractivity (Wildman–Crippen MR) is 145 cm³/mol. The molecule has 1 fully saturated rings. The maximum absolute atomic E-state index is 13.2. The number of aromatic nitrogens is 2. The van der Waals surface area contributed by atoms with Crippen molar-refractivity contribution in [3.8, 4) is 5.69 Å². The lowest BCUT2D eigenvalue weighted by Crippen LogP contribution is -2.44. The Labute approximate surface area is 223 Å². The van der Waals surface area contributed by atoms with Crippen LogP contribution in [0.2, 0.25) is 5.02 Å². The summed E-state index contributed by atoms with van der Waals surface area (Å²) in [4.78, 5) is 41.3. The molecular weight excluding hydrogens is 530 g/mol. The number of nitrogens with one attached hydrogen (secondary N) is 3. The van der Waals surface area contributed by atoms with Crippen LogP contribution >= 0.6 is 11.6 Å². The van der Waals surface area contributed by atoms with Crippen LogP contribution in [0.15, 0.2) is 77.9 Å². The Morgan fingerprint density at radius 2 is 1.82 bits per heavy atom. The molecule has 1 aliphatic heterocycles. The van der Waals surface area contributed by atoms with Crippen molar-refractivity contribution in [3.05, 3.63) is 94.0 Å². The van der Waals surface area contributed by atoms with E-state index in [1.165, 1.54) is 14.9 Å². The van der Waals surface area contributed by atoms with Crippen molar-refractivity contribution < 1.29 is 18.0 Å². The molecule has 2 aromatic carbocycles. The van der Waals surface area contributed by atoms with E-state index in [9.17, 15) is 22.8 Å². The first kappa shape index (κ1) is 25.7. The van der Waals surface area contributed by atoms with Crippen LogP contribution in [0.25, 0.3) is 16.6 Å². The van der Waals surface area contributed by atoms with Crippen molar-refractivity contribution in [2.45, 2.75) is 6.04 Å². The first-order valence-corrected chi connectivity index (χ1v) is 13.9. The van der Waals surface area contributed by atoms with E-state index < -0.39 is 33.8 Å². The number of fused-ring (bicyclic) bond motifs is 1. The van der Waals surface area contributed by atoms with Gasteiger partial charge in [0, 0.05) is 59.4 Å². The molecule has 1 aliphatic rings. The standard InChI is InChI=1S/C26H24ClN5O5S/c1-38(36,37)31-14-20(23(15-31)30-25(34)16-5-10-19-21(27)13-28-22(19)12-16)26(35)29-17-6-8-18(9-7-17)32-11-3-2-4-24(32)33/h2-13,20,23,28H,14-15H2,1H3,(H,29,35)(H,30,34)/t20-,23-/m0/s1. The van der Waals surface area contributed by atoms with E-state index in [0.29, 0.717) is 27.5 Å². The molecule has 196 valence electrons. The summed E-state index contributed by atoms with van der Waals surface area (Å²) in [5, 5.41) is 6.94. The fourth-order valence-corrected chi connectivity index (χ4v) is 5.60. The SMILES string of the molecule is CS(=O)(=O)N1C[C@H](NC(=O)c2ccc3c(Cl)c[nH]c3c2)[C@@H](C(=O)Nc2ccc(-n3ccccc3=O)cc2)C1. The van der Waals surface area contributed by atoms with Gasteiger partial charge in [-0.3, -0.25) is 19.0 Å². The number of carbonyl (C=O) groups excluding carboxylic acids is 2. The summed E-state index contributed by atoms with van der Waals surface area (Å²) in [6.45, 7) is -0.104. The van der Waals surface area contributed by atoms with Gasteiger partial charge in [-0.15, -0.1) is 0 Å². The Kier molecular flexibility index (Phi) is 6.82. The summed E-state index contributed by atoms with van der Waals surface area (Å²) in [7, 11) is -3.59. The fraction of sp³-hybridized carbons (Fsp3) is 0.192. The molecule has 10 nitrogen and oxygen atoms in total. The van der Waals surface area contributed by atoms with E-state index >= 15 is 0 Å². The van der Waals surface area contributed by atoms with Crippen molar-refractivity contribution in [3.63, 3.8) is 0 Å². The van der Waals surface area contributed by atoms with Crippen molar-refractivity contribution in [2.75, 3.05) is 24.7 Å². The van der Waals surface area contributed by atoms with Gasteiger partial charge in [0.2, 0.25) is 15.9 Å². The van der Waals surface area contributed by atoms with Gasteiger partial charge in [-0.2, -0.15) is 4.31 Å². The molecule has 3 N–H and O–H groups in total. The van der Waals surface area contributed by atoms with Crippen molar-refractivity contribution >= 4 is 50.0 Å². The molecule has 0 spiro atoms. The normalized spacial score (nSPS) is 17.9. The minimum atomic E-state index is -3.59. The third kappa shape index (κ3) is 5.21. The number of carbonyl (C=O) groups is 2. The van der Waals surface area contributed by atoms with Gasteiger partial charge < -0.3 is 15.6 Å². The van der Waals surface area contributed by atoms with Crippen LogP contribution in [0.4, 0.5) is 5.69 Å². The average Bonchev–Trinajstić information content (AvgIpc) is 3.48. The fourth-order valence-electron chi connectivity index (χ4n) is 4.52. The smallest absolute Gasteiger partial charge is 0.255 e. The van der Waals surface area contributed by atoms with Gasteiger partial charge in [0.15, 0.2) is 0 Å². The minimum absolute atomic E-state index is 0.0326. The molecule has 4 aromatic rings. The Hall–Kier alpha value is -3.93. The third-order valence-electron chi connectivity index (χ3n) is 6.54. The summed E-state index contributed by atoms with van der Waals surface area (Å²) in [6.07, 6.45) is 4.34. The number of sulfonamides is 1. The monoisotopic (exact) mass is 553 g/mol. The molecule has 5 rings (SSSR count). The number of anilines is 1. The van der Waals surface area contributed by atoms with E-state index in [1.807, 2.05) is 0 Å². The topological polar surface area (TPSA) is 133 Å². The van der Waals surface area contributed by atoms with Gasteiger partial charge in [0.25, 0.3) is 11.5 Å². The highest BCUT2D eigenvalue weighted by atomic mass is 35.5. The van der Waals surface area contributed by atoms with Crippen LogP contribution in [-0.2, 0) is 14.8 Å². The zero-order valence-electron chi connectivity index (χ0n) is 20.2. The molecule has 38 heavy (non-hydrogen) atoms. The largest absolute Gasteiger partial charge is 0.360 e. The molecular formula is C26H24ClN5O5S. The number of nitrogens with zero attached hydrogens (tertiary/aromatic N) is 2. The molecule has 0 unspecified atom stereocenters. The Balaban J connectivity index is 1.33. The summed E-state index contributed by atoms with van der Waals surface area (Å²) in [5.41, 5.74) is 1.94. The minimum Gasteiger partial charge on any atom is -0.360 e. The number of H-pyrrole nitrogens is 1. The highest BCUT2D eigenvalue weighted by Crippen LogP contribution is 2.25. The van der Waals surface area contributed by atoms with E-state index in [4.69, 9.17) is 11.6 Å². The van der Waals surface area contributed by atoms with E-state index in [2.05, 4.69) is 15.6 Å². The van der Waals surface area contributed by atoms with E-state index in [1.54, 1.807) is 67.0 Å². The number of hydrogen-bond donors (Lipinski definition) is 3. The lowest BCUT2D eigenvalue weighted by atomic mass is 10.0. The Bertz CT molecular complexity index is 1700. The Morgan fingerprint density at radius 3 is 2.53 bits per heavy atom. The van der Waals surface area contributed by atoms with Gasteiger partial charge in [-0.25, -0.2) is 8.42 Å². The summed E-state index contributed by atoms with van der Waals surface area (Å²) in [5.74, 6) is -1.69. The van der Waals surface area contributed by atoms with E-state index in [-0.39, 0.29) is 18.6 Å². The van der Waals surface area contributed by atoms with Crippen molar-refractivity contribution in [1.29, 1.82) is 0 Å². The molecule has 1 saturated heterocycles. The summed E-state index contributed by atoms with van der Waals surface area (Å²) in [6, 6.07) is 15.8. The molecule has 12 heteroatoms. The summed E-state index contributed by atoms with van der Waals surface area (Å²) >= 11 is 6.11. The quantitative estimate of drug-likeness (QED) is 0.337. The van der Waals surface area contributed by atoms with Crippen molar-refractivity contribution in [1.82, 2.24) is 19.2 Å². The summed E-state index contributed by atoms with van der Waals surface area (Å²) < 4.78 is 27.1. The number of pyridine rings is 1. The maximum atomic E-state index is 13.2. The third-order valence-corrected chi connectivity index (χ3v) is 8.09. The number of aromatic amines is 1. The lowest BCUT2D eigenvalue weighted by Gasteiger charge is -2.19. The number of hydrogen-bond acceptors (Lipinski definition) is 5. The zero-order chi connectivity index (χ0) is 27.0. The number of benzene rings is 2. The van der Waals surface area contributed by atoms with E-state index in [0.717, 1.165) is 11.6 Å². The molecule has 2 amide bonds. The number of amides is 2. The van der Waals surface area contributed by atoms with Crippen LogP contribution in [0.5, 0.6) is 0 Å². The second kappa shape index (κ2) is 10.1.